The third-order valence-corrected chi connectivity index (χ3v) is 7.77. The van der Waals surface area contributed by atoms with E-state index in [0.29, 0.717) is 5.75 Å². The Morgan fingerprint density at radius 2 is 1.65 bits per heavy atom. The maximum Gasteiger partial charge on any atom is 0.354 e. The van der Waals surface area contributed by atoms with E-state index in [4.69, 9.17) is 19.6 Å². The van der Waals surface area contributed by atoms with E-state index in [2.05, 4.69) is 0 Å². The molecular formula is C7H17NO6P2S. The fourth-order valence-electron chi connectivity index (χ4n) is 1.86. The standard InChI is InChI=1S/C7H17NO6P2S/c1-5-6(2)17-4-3-8(5)7(15(9,10)11)16(12,13)14/h5-7H,3-4H2,1-2H3,(H2,9,10,11)(H2,12,13,14). The average Bonchev–Trinajstić information content (AvgIpc) is 2.08. The number of nitrogens with zero attached hydrogens (tertiary/aromatic N) is 1. The number of hydrogen-bond acceptors (Lipinski definition) is 4. The van der Waals surface area contributed by atoms with Crippen LogP contribution in [0.25, 0.3) is 0 Å². The molecule has 1 aliphatic rings. The Morgan fingerprint density at radius 1 is 1.18 bits per heavy atom. The molecule has 0 aromatic rings. The van der Waals surface area contributed by atoms with Crippen molar-refractivity contribution in [1.29, 1.82) is 0 Å². The van der Waals surface area contributed by atoms with Gasteiger partial charge in [-0.1, -0.05) is 6.92 Å². The highest BCUT2D eigenvalue weighted by Gasteiger charge is 2.50. The first-order chi connectivity index (χ1) is 7.55. The van der Waals surface area contributed by atoms with Crippen molar-refractivity contribution in [3.05, 3.63) is 0 Å². The first kappa shape index (κ1) is 15.7. The largest absolute Gasteiger partial charge is 0.354 e. The van der Waals surface area contributed by atoms with E-state index in [0.717, 1.165) is 0 Å². The van der Waals surface area contributed by atoms with E-state index in [1.807, 2.05) is 6.92 Å². The molecule has 0 aromatic heterocycles. The van der Waals surface area contributed by atoms with Crippen LogP contribution in [-0.2, 0) is 9.13 Å². The zero-order chi connectivity index (χ0) is 13.4. The predicted octanol–water partition coefficient (Wildman–Crippen LogP) is 0.451. The third kappa shape index (κ3) is 3.78. The van der Waals surface area contributed by atoms with Crippen LogP contribution in [0.4, 0.5) is 0 Å². The number of hydrogen-bond donors (Lipinski definition) is 4. The minimum absolute atomic E-state index is 0.0735. The molecule has 0 amide bonds. The molecule has 0 bridgehead atoms. The zero-order valence-electron chi connectivity index (χ0n) is 9.50. The van der Waals surface area contributed by atoms with Gasteiger partial charge in [0, 0.05) is 23.6 Å². The normalized spacial score (nSPS) is 28.6. The monoisotopic (exact) mass is 305 g/mol. The summed E-state index contributed by atoms with van der Waals surface area (Å²) in [5.41, 5.74) is -2.02. The first-order valence-corrected chi connectivity index (χ1v) is 9.44. The summed E-state index contributed by atoms with van der Waals surface area (Å²) in [6, 6.07) is -0.293. The highest BCUT2D eigenvalue weighted by molar-refractivity contribution is 8.00. The van der Waals surface area contributed by atoms with Crippen LogP contribution in [0.15, 0.2) is 0 Å². The molecule has 2 unspecified atom stereocenters. The fraction of sp³-hybridized carbons (Fsp3) is 1.00. The van der Waals surface area contributed by atoms with Gasteiger partial charge in [0.05, 0.1) is 0 Å². The van der Waals surface area contributed by atoms with Crippen LogP contribution in [0, 0.1) is 0 Å². The molecule has 0 spiro atoms. The van der Waals surface area contributed by atoms with Crippen molar-refractivity contribution in [1.82, 2.24) is 4.90 Å². The van der Waals surface area contributed by atoms with Crippen LogP contribution in [0.3, 0.4) is 0 Å². The lowest BCUT2D eigenvalue weighted by molar-refractivity contribution is 0.183. The van der Waals surface area contributed by atoms with E-state index in [9.17, 15) is 9.13 Å². The van der Waals surface area contributed by atoms with Crippen LogP contribution in [0.5, 0.6) is 0 Å². The lowest BCUT2D eigenvalue weighted by atomic mass is 10.2. The van der Waals surface area contributed by atoms with Crippen molar-refractivity contribution < 1.29 is 28.7 Å². The maximum atomic E-state index is 11.3. The quantitative estimate of drug-likeness (QED) is 0.555. The van der Waals surface area contributed by atoms with Gasteiger partial charge in [0.2, 0.25) is 5.52 Å². The van der Waals surface area contributed by atoms with Gasteiger partial charge in [-0.15, -0.1) is 0 Å². The average molecular weight is 305 g/mol. The van der Waals surface area contributed by atoms with Crippen LogP contribution in [0.2, 0.25) is 0 Å². The molecule has 17 heavy (non-hydrogen) atoms. The smallest absolute Gasteiger partial charge is 0.323 e. The van der Waals surface area contributed by atoms with Gasteiger partial charge < -0.3 is 19.6 Å². The molecule has 0 saturated carbocycles. The van der Waals surface area contributed by atoms with Gasteiger partial charge in [-0.2, -0.15) is 11.8 Å². The maximum absolute atomic E-state index is 11.3. The Bertz CT molecular complexity index is 345. The lowest BCUT2D eigenvalue weighted by Crippen LogP contribution is -2.49. The summed E-state index contributed by atoms with van der Waals surface area (Å²) >= 11 is 1.62. The molecule has 2 atom stereocenters. The van der Waals surface area contributed by atoms with Gasteiger partial charge in [-0.3, -0.25) is 14.0 Å². The molecule has 1 saturated heterocycles. The molecular weight excluding hydrogens is 288 g/mol. The van der Waals surface area contributed by atoms with E-state index in [-0.39, 0.29) is 17.8 Å². The highest BCUT2D eigenvalue weighted by Crippen LogP contribution is 2.62. The molecule has 4 N–H and O–H groups in total. The Hall–Kier alpha value is 0.610. The SMILES string of the molecule is CC1SCCN(C(P(=O)(O)O)P(=O)(O)O)C1C. The van der Waals surface area contributed by atoms with Crippen molar-refractivity contribution in [2.45, 2.75) is 30.7 Å². The lowest BCUT2D eigenvalue weighted by Gasteiger charge is -2.42. The molecule has 0 aromatic carbocycles. The van der Waals surface area contributed by atoms with Crippen molar-refractivity contribution in [3.8, 4) is 0 Å². The zero-order valence-corrected chi connectivity index (χ0v) is 12.1. The number of rotatable bonds is 3. The van der Waals surface area contributed by atoms with E-state index >= 15 is 0 Å². The predicted molar refractivity (Wildman–Crippen MR) is 66.0 cm³/mol. The highest BCUT2D eigenvalue weighted by atomic mass is 32.2. The minimum atomic E-state index is -4.88. The van der Waals surface area contributed by atoms with E-state index < -0.39 is 20.7 Å². The van der Waals surface area contributed by atoms with Crippen molar-refractivity contribution >= 4 is 27.0 Å². The Labute approximate surface area is 104 Å². The van der Waals surface area contributed by atoms with Crippen molar-refractivity contribution in [2.75, 3.05) is 12.3 Å². The summed E-state index contributed by atoms with van der Waals surface area (Å²) < 4.78 is 22.6. The molecule has 1 heterocycles. The summed E-state index contributed by atoms with van der Waals surface area (Å²) in [5, 5.41) is 0.0735. The third-order valence-electron chi connectivity index (χ3n) is 2.83. The Morgan fingerprint density at radius 3 is 2.06 bits per heavy atom. The second kappa shape index (κ2) is 5.31. The molecule has 102 valence electrons. The fourth-order valence-corrected chi connectivity index (χ4v) is 5.98. The number of thioether (sulfide) groups is 1. The molecule has 7 nitrogen and oxygen atoms in total. The van der Waals surface area contributed by atoms with E-state index in [1.165, 1.54) is 4.90 Å². The van der Waals surface area contributed by atoms with Crippen LogP contribution in [0.1, 0.15) is 13.8 Å². The summed E-state index contributed by atoms with van der Waals surface area (Å²) in [4.78, 5) is 37.8. The second-order valence-electron chi connectivity index (χ2n) is 4.08. The molecule has 0 radical (unpaired) electrons. The Balaban J connectivity index is 3.07. The minimum Gasteiger partial charge on any atom is -0.323 e. The van der Waals surface area contributed by atoms with Crippen molar-refractivity contribution in [2.24, 2.45) is 0 Å². The topological polar surface area (TPSA) is 118 Å². The van der Waals surface area contributed by atoms with Gasteiger partial charge in [-0.05, 0) is 6.92 Å². The molecule has 10 heteroatoms. The van der Waals surface area contributed by atoms with Gasteiger partial charge in [-0.25, -0.2) is 0 Å². The van der Waals surface area contributed by atoms with Crippen LogP contribution in [-0.4, -0.2) is 53.6 Å². The van der Waals surface area contributed by atoms with Crippen molar-refractivity contribution in [3.63, 3.8) is 0 Å². The van der Waals surface area contributed by atoms with E-state index in [1.54, 1.807) is 18.7 Å². The summed E-state index contributed by atoms with van der Waals surface area (Å²) in [7, 11) is -9.75. The Kier molecular flexibility index (Phi) is 4.89. The summed E-state index contributed by atoms with van der Waals surface area (Å²) in [6.07, 6.45) is 0. The second-order valence-corrected chi connectivity index (χ2v) is 9.31. The van der Waals surface area contributed by atoms with Gasteiger partial charge in [0.25, 0.3) is 0 Å². The summed E-state index contributed by atoms with van der Waals surface area (Å²) in [6.45, 7) is 3.85. The van der Waals surface area contributed by atoms with Crippen LogP contribution < -0.4 is 0 Å². The molecule has 1 fully saturated rings. The molecule has 0 aliphatic carbocycles. The van der Waals surface area contributed by atoms with Gasteiger partial charge in [0.15, 0.2) is 0 Å². The van der Waals surface area contributed by atoms with Crippen LogP contribution >= 0.6 is 27.0 Å². The summed E-state index contributed by atoms with van der Waals surface area (Å²) in [5.74, 6) is 0.599. The molecule has 1 rings (SSSR count). The van der Waals surface area contributed by atoms with Gasteiger partial charge >= 0.3 is 15.2 Å². The van der Waals surface area contributed by atoms with Gasteiger partial charge in [0.1, 0.15) is 0 Å². The first-order valence-electron chi connectivity index (χ1n) is 5.03. The molecule has 1 aliphatic heterocycles.